The van der Waals surface area contributed by atoms with E-state index in [1.54, 1.807) is 63.3 Å². The Balaban J connectivity index is 0.000000191. The van der Waals surface area contributed by atoms with Gasteiger partial charge in [0.05, 0.1) is 94.5 Å². The minimum absolute atomic E-state index is 0. The van der Waals surface area contributed by atoms with Crippen molar-refractivity contribution in [3.63, 3.8) is 0 Å². The van der Waals surface area contributed by atoms with Crippen molar-refractivity contribution in [2.45, 2.75) is 32.8 Å². The van der Waals surface area contributed by atoms with Gasteiger partial charge in [-0.1, -0.05) is 7.43 Å². The molecule has 8 aromatic rings. The van der Waals surface area contributed by atoms with Crippen LogP contribution in [0.4, 0.5) is 51.7 Å². The van der Waals surface area contributed by atoms with E-state index in [-0.39, 0.29) is 24.2 Å². The predicted molar refractivity (Wildman–Crippen MR) is 323 cm³/mol. The first-order valence-corrected chi connectivity index (χ1v) is 30.5. The maximum Gasteiger partial charge on any atom is 0.229 e. The second kappa shape index (κ2) is 27.1. The summed E-state index contributed by atoms with van der Waals surface area (Å²) < 4.78 is 71.1. The number of nitrogens with two attached hydrogens (primary N) is 1. The smallest absolute Gasteiger partial charge is 0.229 e. The number of aryl methyl sites for hydroxylation is 2. The van der Waals surface area contributed by atoms with Crippen LogP contribution in [0.1, 0.15) is 29.7 Å². The van der Waals surface area contributed by atoms with E-state index in [4.69, 9.17) is 36.3 Å². The molecule has 0 radical (unpaired) electrons. The molecule has 80 heavy (non-hydrogen) atoms. The van der Waals surface area contributed by atoms with Crippen LogP contribution in [0, 0.1) is 13.8 Å². The molecule has 424 valence electrons. The van der Waals surface area contributed by atoms with Gasteiger partial charge in [0, 0.05) is 122 Å². The molecule has 0 saturated carbocycles. The van der Waals surface area contributed by atoms with Gasteiger partial charge >= 0.3 is 0 Å². The van der Waals surface area contributed by atoms with E-state index < -0.39 is 19.7 Å². The Morgan fingerprint density at radius 2 is 1.06 bits per heavy atom. The SMILES string of the molecule is C.COc1cc(N2CCOCC2)c(C)cc1N.COc1cc(N2CCOCC2)c(C)cc1Nc1ncc(Br)c(Nc2ccc3nccnc3c2CS(C)(=O)=O)n1.CS(=O)(=O)Cc1c(Nc2nc(Cl)ncc2Br)ccc2nccnc12. The summed E-state index contributed by atoms with van der Waals surface area (Å²) in [5.41, 5.74) is 16.2. The lowest BCUT2D eigenvalue weighted by molar-refractivity contribution is 0.122. The molecule has 2 fully saturated rings. The molecule has 0 unspecified atom stereocenters. The van der Waals surface area contributed by atoms with Crippen LogP contribution >= 0.6 is 43.5 Å². The summed E-state index contributed by atoms with van der Waals surface area (Å²) in [5, 5.41) is 9.67. The maximum atomic E-state index is 12.2. The number of rotatable bonds is 14. The molecule has 0 spiro atoms. The zero-order valence-electron chi connectivity index (χ0n) is 43.9. The maximum absolute atomic E-state index is 12.2. The summed E-state index contributed by atoms with van der Waals surface area (Å²) >= 11 is 12.7. The number of halogens is 3. The fourth-order valence-corrected chi connectivity index (χ4v) is 11.0. The average molecular weight is 1280 g/mol. The molecule has 0 bridgehead atoms. The van der Waals surface area contributed by atoms with E-state index >= 15 is 0 Å². The lowest BCUT2D eigenvalue weighted by Crippen LogP contribution is -2.36. The lowest BCUT2D eigenvalue weighted by Gasteiger charge is -2.30. The largest absolute Gasteiger partial charge is 0.495 e. The number of nitrogens with one attached hydrogen (secondary N) is 3. The molecule has 0 aliphatic carbocycles. The topological polar surface area (TPSA) is 277 Å². The Labute approximate surface area is 486 Å². The highest BCUT2D eigenvalue weighted by Crippen LogP contribution is 2.37. The first-order chi connectivity index (χ1) is 37.8. The highest BCUT2D eigenvalue weighted by Gasteiger charge is 2.21. The Kier molecular flexibility index (Phi) is 20.6. The van der Waals surface area contributed by atoms with Gasteiger partial charge in [0.1, 0.15) is 23.1 Å². The number of methoxy groups -OCH3 is 2. The molecule has 6 heterocycles. The second-order valence-electron chi connectivity index (χ2n) is 18.2. The van der Waals surface area contributed by atoms with Gasteiger partial charge in [0.25, 0.3) is 0 Å². The molecule has 2 aliphatic rings. The summed E-state index contributed by atoms with van der Waals surface area (Å²) in [5.74, 6) is 2.23. The Bertz CT molecular complexity index is 3730. The fraction of sp³-hybridized carbons (Fsp3) is 0.321. The molecule has 10 rings (SSSR count). The first-order valence-electron chi connectivity index (χ1n) is 24.4. The van der Waals surface area contributed by atoms with E-state index in [0.29, 0.717) is 95.7 Å². The molecule has 5 N–H and O–H groups in total. The van der Waals surface area contributed by atoms with Crippen LogP contribution in [-0.4, -0.2) is 136 Å². The third-order valence-corrected chi connectivity index (χ3v) is 15.3. The molecular weight excluding hydrogens is 1220 g/mol. The summed E-state index contributed by atoms with van der Waals surface area (Å²) in [7, 11) is -3.37. The molecular formula is C53H61Br2ClN14O8S2. The predicted octanol–water partition coefficient (Wildman–Crippen LogP) is 9.55. The number of ether oxygens (including phenoxy) is 4. The number of fused-ring (bicyclic) bond motifs is 2. The number of nitrogens with zero attached hydrogens (tertiary/aromatic N) is 10. The van der Waals surface area contributed by atoms with Crippen molar-refractivity contribution >= 4 is 137 Å². The Hall–Kier alpha value is -6.81. The summed E-state index contributed by atoms with van der Waals surface area (Å²) in [4.78, 5) is 38.8. The van der Waals surface area contributed by atoms with Crippen LogP contribution in [0.3, 0.4) is 0 Å². The van der Waals surface area contributed by atoms with Crippen molar-refractivity contribution in [3.8, 4) is 11.5 Å². The van der Waals surface area contributed by atoms with Crippen molar-refractivity contribution in [1.82, 2.24) is 39.9 Å². The van der Waals surface area contributed by atoms with Gasteiger partial charge < -0.3 is 50.4 Å². The molecule has 4 aromatic carbocycles. The number of morpholine rings is 2. The fourth-order valence-electron chi connectivity index (χ4n) is 8.67. The third kappa shape index (κ3) is 15.8. The second-order valence-corrected chi connectivity index (χ2v) is 24.5. The van der Waals surface area contributed by atoms with Gasteiger partial charge in [-0.2, -0.15) is 9.97 Å². The molecule has 4 aromatic heterocycles. The van der Waals surface area contributed by atoms with Crippen molar-refractivity contribution in [2.75, 3.05) is 111 Å². The van der Waals surface area contributed by atoms with Gasteiger partial charge in [-0.15, -0.1) is 0 Å². The van der Waals surface area contributed by atoms with Crippen LogP contribution in [0.5, 0.6) is 11.5 Å². The minimum atomic E-state index is -3.35. The van der Waals surface area contributed by atoms with E-state index in [0.717, 1.165) is 62.1 Å². The van der Waals surface area contributed by atoms with Crippen LogP contribution in [0.2, 0.25) is 5.28 Å². The monoisotopic (exact) mass is 1280 g/mol. The number of hydrogen-bond donors (Lipinski definition) is 4. The zero-order chi connectivity index (χ0) is 56.4. The van der Waals surface area contributed by atoms with Gasteiger partial charge in [0.2, 0.25) is 11.2 Å². The van der Waals surface area contributed by atoms with Gasteiger partial charge in [-0.3, -0.25) is 19.9 Å². The van der Waals surface area contributed by atoms with Gasteiger partial charge in [-0.25, -0.2) is 26.8 Å². The highest BCUT2D eigenvalue weighted by atomic mass is 79.9. The quantitative estimate of drug-likeness (QED) is 0.0582. The number of anilines is 9. The number of aromatic nitrogens is 8. The van der Waals surface area contributed by atoms with Crippen molar-refractivity contribution in [2.24, 2.45) is 0 Å². The lowest BCUT2D eigenvalue weighted by atomic mass is 10.1. The van der Waals surface area contributed by atoms with E-state index in [1.807, 2.05) is 24.3 Å². The van der Waals surface area contributed by atoms with E-state index in [2.05, 4.69) is 111 Å². The van der Waals surface area contributed by atoms with Gasteiger partial charge in [-0.05, 0) is 105 Å². The number of hydrogen-bond acceptors (Lipinski definition) is 22. The van der Waals surface area contributed by atoms with E-state index in [1.165, 1.54) is 36.2 Å². The number of benzene rings is 4. The Morgan fingerprint density at radius 3 is 1.55 bits per heavy atom. The highest BCUT2D eigenvalue weighted by molar-refractivity contribution is 9.11. The van der Waals surface area contributed by atoms with E-state index in [9.17, 15) is 16.8 Å². The molecule has 0 amide bonds. The first kappa shape index (κ1) is 60.8. The normalized spacial score (nSPS) is 13.5. The Morgan fingerprint density at radius 1 is 0.613 bits per heavy atom. The van der Waals surface area contributed by atoms with Crippen molar-refractivity contribution in [1.29, 1.82) is 0 Å². The summed E-state index contributed by atoms with van der Waals surface area (Å²) in [6.45, 7) is 10.6. The van der Waals surface area contributed by atoms with Crippen LogP contribution in [0.25, 0.3) is 22.1 Å². The van der Waals surface area contributed by atoms with Crippen molar-refractivity contribution < 1.29 is 35.8 Å². The number of nitrogen functional groups attached to an aromatic ring is 1. The molecule has 27 heteroatoms. The summed E-state index contributed by atoms with van der Waals surface area (Å²) in [6, 6.07) is 15.0. The van der Waals surface area contributed by atoms with Crippen LogP contribution < -0.4 is 41.0 Å². The van der Waals surface area contributed by atoms with Gasteiger partial charge in [0.15, 0.2) is 19.7 Å². The standard InChI is InChI=1S/C26H28BrN7O4S.C14H11BrClN5O2S.C12H18N2O2.CH4/c1-16-12-21(23(37-2)13-22(16)34-8-10-38-11-9-34)32-26-30-14-18(27)25(33-26)31-19-4-5-20-24(29-7-6-28-20)17(19)15-39(3,35)36;1-24(22,23)7-8-10(2-3-11-12(8)18-5-4-17-11)20-13-9(15)6-19-14(16)21-13;1-9-7-10(13)12(15-2)8-11(9)14-3-5-16-6-4-14;/h4-7,12-14H,8-11,15H2,1-3H3,(H2,30,31,32,33);2-6H,7H2,1H3,(H,19,20,21);7-8H,3-6,13H2,1-2H3;1H4. The molecule has 0 atom stereocenters. The third-order valence-electron chi connectivity index (χ3n) is 12.3. The van der Waals surface area contributed by atoms with Crippen LogP contribution in [0.15, 0.2) is 94.7 Å². The molecule has 2 saturated heterocycles. The number of sulfone groups is 2. The van der Waals surface area contributed by atoms with Crippen molar-refractivity contribution in [3.05, 3.63) is 122 Å². The molecule has 2 aliphatic heterocycles. The zero-order valence-corrected chi connectivity index (χ0v) is 49.5. The summed E-state index contributed by atoms with van der Waals surface area (Å²) in [6.07, 6.45) is 11.7. The van der Waals surface area contributed by atoms with Crippen LogP contribution in [-0.2, 0) is 40.7 Å². The molecule has 22 nitrogen and oxygen atoms in total. The minimum Gasteiger partial charge on any atom is -0.495 e. The average Bonchev–Trinajstić information content (AvgIpc) is 3.43.